The van der Waals surface area contributed by atoms with Crippen molar-refractivity contribution in [2.24, 2.45) is 0 Å². The van der Waals surface area contributed by atoms with Crippen LogP contribution in [-0.2, 0) is 12.1 Å². The Kier molecular flexibility index (Phi) is 3.13. The summed E-state index contributed by atoms with van der Waals surface area (Å²) in [6.45, 7) is 6.68. The molecule has 0 unspecified atom stereocenters. The van der Waals surface area contributed by atoms with Crippen LogP contribution in [0.1, 0.15) is 20.8 Å². The van der Waals surface area contributed by atoms with Crippen LogP contribution < -0.4 is 5.73 Å². The van der Waals surface area contributed by atoms with E-state index in [-0.39, 0.29) is 12.1 Å². The van der Waals surface area contributed by atoms with Gasteiger partial charge in [-0.2, -0.15) is 10.2 Å². The fourth-order valence-corrected chi connectivity index (χ4v) is 1.72. The largest absolute Gasteiger partial charge is 0.394 e. The minimum absolute atomic E-state index is 0.0204. The molecule has 2 aromatic heterocycles. The molecule has 0 aliphatic rings. The number of nitrogens with two attached hydrogens (primary N) is 1. The molecule has 0 bridgehead atoms. The Morgan fingerprint density at radius 3 is 2.56 bits per heavy atom. The molecule has 0 fully saturated rings. The molecule has 2 heterocycles. The van der Waals surface area contributed by atoms with Gasteiger partial charge in [0.05, 0.1) is 31.1 Å². The van der Waals surface area contributed by atoms with Gasteiger partial charge in [0.2, 0.25) is 0 Å². The number of hydrogen-bond donors (Lipinski definition) is 2. The number of anilines is 1. The summed E-state index contributed by atoms with van der Waals surface area (Å²) in [5.74, 6) is 0.553. The zero-order valence-corrected chi connectivity index (χ0v) is 11.0. The summed E-state index contributed by atoms with van der Waals surface area (Å²) < 4.78 is 3.48. The second-order valence-corrected chi connectivity index (χ2v) is 5.23. The van der Waals surface area contributed by atoms with E-state index in [0.717, 1.165) is 11.1 Å². The fourth-order valence-electron chi connectivity index (χ4n) is 1.72. The summed E-state index contributed by atoms with van der Waals surface area (Å²) in [7, 11) is 0. The Labute approximate surface area is 106 Å². The zero-order chi connectivity index (χ0) is 13.3. The standard InChI is InChI=1S/C12H19N5O/c1-12(2,3)17-8-9(6-15-17)10-7-14-16(4-5-18)11(10)13/h6-8,18H,4-5,13H2,1-3H3. The second kappa shape index (κ2) is 4.45. The highest BCUT2D eigenvalue weighted by Crippen LogP contribution is 2.26. The minimum Gasteiger partial charge on any atom is -0.394 e. The van der Waals surface area contributed by atoms with Crippen LogP contribution in [0, 0.1) is 0 Å². The second-order valence-electron chi connectivity index (χ2n) is 5.23. The first-order valence-electron chi connectivity index (χ1n) is 5.91. The highest BCUT2D eigenvalue weighted by Gasteiger charge is 2.16. The van der Waals surface area contributed by atoms with Gasteiger partial charge in [-0.3, -0.25) is 4.68 Å². The highest BCUT2D eigenvalue weighted by atomic mass is 16.3. The molecule has 6 heteroatoms. The predicted octanol–water partition coefficient (Wildman–Crippen LogP) is 1.08. The van der Waals surface area contributed by atoms with Crippen molar-refractivity contribution < 1.29 is 5.11 Å². The minimum atomic E-state index is -0.0614. The van der Waals surface area contributed by atoms with Crippen LogP contribution >= 0.6 is 0 Å². The fraction of sp³-hybridized carbons (Fsp3) is 0.500. The van der Waals surface area contributed by atoms with E-state index in [4.69, 9.17) is 10.8 Å². The average molecular weight is 249 g/mol. The predicted molar refractivity (Wildman–Crippen MR) is 69.9 cm³/mol. The van der Waals surface area contributed by atoms with E-state index >= 15 is 0 Å². The van der Waals surface area contributed by atoms with Gasteiger partial charge in [-0.05, 0) is 20.8 Å². The maximum atomic E-state index is 8.90. The third-order valence-electron chi connectivity index (χ3n) is 2.77. The zero-order valence-electron chi connectivity index (χ0n) is 11.0. The summed E-state index contributed by atoms with van der Waals surface area (Å²) in [6, 6.07) is 0. The summed E-state index contributed by atoms with van der Waals surface area (Å²) in [4.78, 5) is 0. The topological polar surface area (TPSA) is 81.9 Å². The molecule has 18 heavy (non-hydrogen) atoms. The van der Waals surface area contributed by atoms with Gasteiger partial charge in [0.25, 0.3) is 0 Å². The number of aliphatic hydroxyl groups is 1. The van der Waals surface area contributed by atoms with Gasteiger partial charge in [-0.1, -0.05) is 0 Å². The molecule has 0 atom stereocenters. The Bertz CT molecular complexity index is 535. The number of rotatable bonds is 3. The molecule has 98 valence electrons. The number of aromatic nitrogens is 4. The summed E-state index contributed by atoms with van der Waals surface area (Å²) in [6.07, 6.45) is 5.44. The first-order chi connectivity index (χ1) is 8.43. The van der Waals surface area contributed by atoms with Crippen LogP contribution in [0.25, 0.3) is 11.1 Å². The smallest absolute Gasteiger partial charge is 0.129 e. The third kappa shape index (κ3) is 2.24. The van der Waals surface area contributed by atoms with Gasteiger partial charge in [0.1, 0.15) is 5.82 Å². The lowest BCUT2D eigenvalue weighted by atomic mass is 10.1. The van der Waals surface area contributed by atoms with Gasteiger partial charge in [0, 0.05) is 17.3 Å². The average Bonchev–Trinajstić information content (AvgIpc) is 2.86. The van der Waals surface area contributed by atoms with Crippen LogP contribution in [0.5, 0.6) is 0 Å². The monoisotopic (exact) mass is 249 g/mol. The maximum Gasteiger partial charge on any atom is 0.129 e. The molecule has 0 radical (unpaired) electrons. The lowest BCUT2D eigenvalue weighted by molar-refractivity contribution is 0.270. The van der Waals surface area contributed by atoms with Crippen LogP contribution in [0.15, 0.2) is 18.6 Å². The Morgan fingerprint density at radius 1 is 1.28 bits per heavy atom. The van der Waals surface area contributed by atoms with Gasteiger partial charge in [0.15, 0.2) is 0 Å². The van der Waals surface area contributed by atoms with E-state index in [9.17, 15) is 0 Å². The molecule has 0 aromatic carbocycles. The van der Waals surface area contributed by atoms with E-state index < -0.39 is 0 Å². The van der Waals surface area contributed by atoms with Crippen LogP contribution in [-0.4, -0.2) is 31.3 Å². The summed E-state index contributed by atoms with van der Waals surface area (Å²) in [5.41, 5.74) is 7.71. The molecular weight excluding hydrogens is 230 g/mol. The van der Waals surface area contributed by atoms with E-state index in [1.54, 1.807) is 17.1 Å². The number of aliphatic hydroxyl groups excluding tert-OH is 1. The molecular formula is C12H19N5O. The summed E-state index contributed by atoms with van der Waals surface area (Å²) in [5, 5.41) is 17.4. The maximum absolute atomic E-state index is 8.90. The molecule has 0 aliphatic carbocycles. The number of nitrogens with zero attached hydrogens (tertiary/aromatic N) is 4. The van der Waals surface area contributed by atoms with Crippen molar-refractivity contribution in [2.75, 3.05) is 12.3 Å². The quantitative estimate of drug-likeness (QED) is 0.852. The first-order valence-corrected chi connectivity index (χ1v) is 5.91. The van der Waals surface area contributed by atoms with Gasteiger partial charge >= 0.3 is 0 Å². The number of nitrogen functional groups attached to an aromatic ring is 1. The van der Waals surface area contributed by atoms with E-state index in [0.29, 0.717) is 12.4 Å². The van der Waals surface area contributed by atoms with Crippen molar-refractivity contribution in [3.05, 3.63) is 18.6 Å². The van der Waals surface area contributed by atoms with Gasteiger partial charge in [-0.15, -0.1) is 0 Å². The Morgan fingerprint density at radius 2 is 2.00 bits per heavy atom. The van der Waals surface area contributed by atoms with Crippen LogP contribution in [0.3, 0.4) is 0 Å². The van der Waals surface area contributed by atoms with Crippen LogP contribution in [0.4, 0.5) is 5.82 Å². The molecule has 0 amide bonds. The molecule has 0 aliphatic heterocycles. The summed E-state index contributed by atoms with van der Waals surface area (Å²) >= 11 is 0. The Hall–Kier alpha value is -1.82. The van der Waals surface area contributed by atoms with Crippen molar-refractivity contribution in [3.63, 3.8) is 0 Å². The molecule has 0 saturated carbocycles. The van der Waals surface area contributed by atoms with Crippen LogP contribution in [0.2, 0.25) is 0 Å². The van der Waals surface area contributed by atoms with Crippen molar-refractivity contribution >= 4 is 5.82 Å². The van der Waals surface area contributed by atoms with Crippen molar-refractivity contribution in [3.8, 4) is 11.1 Å². The lowest BCUT2D eigenvalue weighted by Gasteiger charge is -2.18. The van der Waals surface area contributed by atoms with Gasteiger partial charge in [-0.25, -0.2) is 4.68 Å². The first kappa shape index (κ1) is 12.6. The third-order valence-corrected chi connectivity index (χ3v) is 2.77. The van der Waals surface area contributed by atoms with Gasteiger partial charge < -0.3 is 10.8 Å². The Balaban J connectivity index is 2.35. The van der Waals surface area contributed by atoms with E-state index in [1.165, 1.54) is 0 Å². The lowest BCUT2D eigenvalue weighted by Crippen LogP contribution is -2.21. The SMILES string of the molecule is CC(C)(C)n1cc(-c2cnn(CCO)c2N)cn1. The molecule has 6 nitrogen and oxygen atoms in total. The van der Waals surface area contributed by atoms with E-state index in [1.807, 2.05) is 10.9 Å². The normalized spacial score (nSPS) is 12.0. The molecule has 0 saturated heterocycles. The molecule has 2 aromatic rings. The molecule has 2 rings (SSSR count). The van der Waals surface area contributed by atoms with E-state index in [2.05, 4.69) is 31.0 Å². The van der Waals surface area contributed by atoms with Crippen molar-refractivity contribution in [2.45, 2.75) is 32.9 Å². The number of hydrogen-bond acceptors (Lipinski definition) is 4. The highest BCUT2D eigenvalue weighted by molar-refractivity contribution is 5.72. The van der Waals surface area contributed by atoms with Crippen molar-refractivity contribution in [1.29, 1.82) is 0 Å². The molecule has 3 N–H and O–H groups in total. The molecule has 0 spiro atoms. The van der Waals surface area contributed by atoms with Crippen molar-refractivity contribution in [1.82, 2.24) is 19.6 Å².